The van der Waals surface area contributed by atoms with Gasteiger partial charge in [0.25, 0.3) is 7.82 Å². The minimum absolute atomic E-state index is 0.0204. The van der Waals surface area contributed by atoms with Crippen molar-refractivity contribution in [2.24, 2.45) is 0 Å². The summed E-state index contributed by atoms with van der Waals surface area (Å²) in [5.74, 6) is -0.487. The Hall–Kier alpha value is -1.80. The SMILES string of the molecule is CC/C=C\C/C=C\C/C=C\C/C=C\C/C=C\CCCCCC(=O)O[C@H](CO)COP(=O)([O-])OCC[N+](C)(C)C. The molecule has 0 bridgehead atoms. The number of phosphoric ester groups is 1. The van der Waals surface area contributed by atoms with Crippen molar-refractivity contribution in [1.29, 1.82) is 0 Å². The maximum Gasteiger partial charge on any atom is 0.306 e. The lowest BCUT2D eigenvalue weighted by Gasteiger charge is -2.28. The summed E-state index contributed by atoms with van der Waals surface area (Å²) in [6, 6.07) is 0. The van der Waals surface area contributed by atoms with Crippen LogP contribution >= 0.6 is 7.82 Å². The third-order valence-electron chi connectivity index (χ3n) is 5.34. The zero-order valence-electron chi connectivity index (χ0n) is 24.5. The van der Waals surface area contributed by atoms with Crippen molar-refractivity contribution in [3.8, 4) is 0 Å². The van der Waals surface area contributed by atoms with Crippen LogP contribution in [0.1, 0.15) is 71.1 Å². The molecule has 0 aliphatic heterocycles. The largest absolute Gasteiger partial charge is 0.756 e. The highest BCUT2D eigenvalue weighted by atomic mass is 31.2. The third-order valence-corrected chi connectivity index (χ3v) is 6.31. The first kappa shape index (κ1) is 37.2. The fraction of sp³-hybridized carbons (Fsp3) is 0.633. The lowest BCUT2D eigenvalue weighted by atomic mass is 10.1. The van der Waals surface area contributed by atoms with Gasteiger partial charge in [-0.1, -0.05) is 74.1 Å². The molecule has 0 saturated heterocycles. The smallest absolute Gasteiger partial charge is 0.306 e. The molecule has 0 saturated carbocycles. The molecule has 0 fully saturated rings. The van der Waals surface area contributed by atoms with Gasteiger partial charge in [-0.2, -0.15) is 0 Å². The highest BCUT2D eigenvalue weighted by Crippen LogP contribution is 2.38. The van der Waals surface area contributed by atoms with Crippen LogP contribution in [0.3, 0.4) is 0 Å². The summed E-state index contributed by atoms with van der Waals surface area (Å²) in [6.07, 6.45) is 29.3. The topological polar surface area (TPSA) is 105 Å². The second kappa shape index (κ2) is 24.0. The number of hydrogen-bond acceptors (Lipinski definition) is 7. The van der Waals surface area contributed by atoms with E-state index in [-0.39, 0.29) is 13.0 Å². The van der Waals surface area contributed by atoms with Crippen LogP contribution in [0.2, 0.25) is 0 Å². The minimum Gasteiger partial charge on any atom is -0.756 e. The van der Waals surface area contributed by atoms with Crippen LogP contribution in [0, 0.1) is 0 Å². The molecular formula is C30H52NO7P. The molecule has 0 aromatic heterocycles. The first-order chi connectivity index (χ1) is 18.6. The standard InChI is InChI=1S/C30H52NO7P/c1-5-6-7-8-9-10-11-12-13-14-15-16-17-18-19-20-21-22-23-24-30(33)38-29(27-32)28-37-39(34,35)36-26-25-31(2,3)4/h6-7,9-10,12-13,15-16,18-19,29,32H,5,8,11,14,17,20-28H2,1-4H3/b7-6-,10-9-,13-12-,16-15-,19-18-/t29-/m1/s1. The Kier molecular flexibility index (Phi) is 22.9. The van der Waals surface area contributed by atoms with Crippen LogP contribution < -0.4 is 4.89 Å². The van der Waals surface area contributed by atoms with Crippen LogP contribution in [0.25, 0.3) is 0 Å². The number of hydrogen-bond donors (Lipinski definition) is 1. The molecule has 0 spiro atoms. The van der Waals surface area contributed by atoms with Gasteiger partial charge in [0.1, 0.15) is 19.3 Å². The normalized spacial score (nSPS) is 15.3. The van der Waals surface area contributed by atoms with Crippen molar-refractivity contribution in [3.63, 3.8) is 0 Å². The molecule has 0 amide bonds. The van der Waals surface area contributed by atoms with E-state index in [0.717, 1.165) is 51.4 Å². The number of likely N-dealkylation sites (N-methyl/N-ethyl adjacent to an activating group) is 1. The molecule has 0 rings (SSSR count). The number of rotatable bonds is 24. The van der Waals surface area contributed by atoms with Gasteiger partial charge in [-0.3, -0.25) is 9.36 Å². The number of allylic oxidation sites excluding steroid dienone is 10. The fourth-order valence-corrected chi connectivity index (χ4v) is 3.81. The number of aliphatic hydroxyl groups is 1. The molecule has 0 radical (unpaired) electrons. The summed E-state index contributed by atoms with van der Waals surface area (Å²) in [6.45, 7) is 1.59. The Labute approximate surface area is 236 Å². The monoisotopic (exact) mass is 569 g/mol. The molecule has 8 nitrogen and oxygen atoms in total. The minimum atomic E-state index is -4.53. The summed E-state index contributed by atoms with van der Waals surface area (Å²) in [5, 5.41) is 9.38. The summed E-state index contributed by atoms with van der Waals surface area (Å²) in [7, 11) is 1.20. The second-order valence-corrected chi connectivity index (χ2v) is 11.6. The number of quaternary nitrogens is 1. The van der Waals surface area contributed by atoms with Gasteiger partial charge in [0.05, 0.1) is 34.4 Å². The maximum atomic E-state index is 12.0. The summed E-state index contributed by atoms with van der Waals surface area (Å²) in [4.78, 5) is 23.8. The number of carbonyl (C=O) groups is 1. The van der Waals surface area contributed by atoms with Gasteiger partial charge in [0.15, 0.2) is 0 Å². The van der Waals surface area contributed by atoms with Crippen LogP contribution in [0.5, 0.6) is 0 Å². The van der Waals surface area contributed by atoms with E-state index in [0.29, 0.717) is 17.4 Å². The lowest BCUT2D eigenvalue weighted by molar-refractivity contribution is -0.870. The van der Waals surface area contributed by atoms with Gasteiger partial charge in [0, 0.05) is 6.42 Å². The Morgan fingerprint density at radius 2 is 1.38 bits per heavy atom. The molecule has 9 heteroatoms. The molecule has 224 valence electrons. The first-order valence-corrected chi connectivity index (χ1v) is 15.5. The number of aliphatic hydroxyl groups excluding tert-OH is 1. The van der Waals surface area contributed by atoms with Crippen molar-refractivity contribution in [1.82, 2.24) is 0 Å². The van der Waals surface area contributed by atoms with Gasteiger partial charge in [-0.25, -0.2) is 0 Å². The number of esters is 1. The number of nitrogens with zero attached hydrogens (tertiary/aromatic N) is 1. The Balaban J connectivity index is 3.85. The van der Waals surface area contributed by atoms with Crippen LogP contribution in [0.15, 0.2) is 60.8 Å². The van der Waals surface area contributed by atoms with E-state index in [4.69, 9.17) is 13.8 Å². The van der Waals surface area contributed by atoms with Gasteiger partial charge < -0.3 is 28.3 Å². The molecular weight excluding hydrogens is 517 g/mol. The highest BCUT2D eigenvalue weighted by molar-refractivity contribution is 7.45. The predicted molar refractivity (Wildman–Crippen MR) is 157 cm³/mol. The predicted octanol–water partition coefficient (Wildman–Crippen LogP) is 5.80. The van der Waals surface area contributed by atoms with E-state index in [9.17, 15) is 19.4 Å². The van der Waals surface area contributed by atoms with Crippen molar-refractivity contribution in [3.05, 3.63) is 60.8 Å². The summed E-state index contributed by atoms with van der Waals surface area (Å²) in [5.41, 5.74) is 0. The van der Waals surface area contributed by atoms with E-state index in [1.165, 1.54) is 0 Å². The molecule has 1 unspecified atom stereocenters. The Morgan fingerprint density at radius 3 is 1.90 bits per heavy atom. The number of unbranched alkanes of at least 4 members (excludes halogenated alkanes) is 3. The Morgan fingerprint density at radius 1 is 0.846 bits per heavy atom. The van der Waals surface area contributed by atoms with E-state index >= 15 is 0 Å². The maximum absolute atomic E-state index is 12.0. The first-order valence-electron chi connectivity index (χ1n) is 14.1. The molecule has 2 atom stereocenters. The molecule has 0 aliphatic carbocycles. The van der Waals surface area contributed by atoms with Gasteiger partial charge in [-0.05, 0) is 51.4 Å². The number of carbonyl (C=O) groups excluding carboxylic acids is 1. The quantitative estimate of drug-likeness (QED) is 0.0515. The zero-order chi connectivity index (χ0) is 29.2. The average molecular weight is 570 g/mol. The van der Waals surface area contributed by atoms with Crippen molar-refractivity contribution >= 4 is 13.8 Å². The fourth-order valence-electron chi connectivity index (χ4n) is 3.08. The van der Waals surface area contributed by atoms with Gasteiger partial charge >= 0.3 is 5.97 Å². The zero-order valence-corrected chi connectivity index (χ0v) is 25.4. The molecule has 0 aromatic rings. The van der Waals surface area contributed by atoms with Crippen molar-refractivity contribution < 1.29 is 37.6 Å². The van der Waals surface area contributed by atoms with Crippen LogP contribution in [-0.4, -0.2) is 69.2 Å². The van der Waals surface area contributed by atoms with E-state index in [1.54, 1.807) is 0 Å². The highest BCUT2D eigenvalue weighted by Gasteiger charge is 2.19. The van der Waals surface area contributed by atoms with Crippen molar-refractivity contribution in [2.75, 3.05) is 47.5 Å². The van der Waals surface area contributed by atoms with Crippen LogP contribution in [-0.2, 0) is 23.1 Å². The molecule has 1 N–H and O–H groups in total. The number of ether oxygens (including phenoxy) is 1. The number of phosphoric acid groups is 1. The molecule has 0 heterocycles. The second-order valence-electron chi connectivity index (χ2n) is 10.2. The summed E-state index contributed by atoms with van der Waals surface area (Å²) >= 11 is 0. The van der Waals surface area contributed by atoms with E-state index in [1.807, 2.05) is 21.1 Å². The van der Waals surface area contributed by atoms with Gasteiger partial charge in [0.2, 0.25) is 0 Å². The average Bonchev–Trinajstić information content (AvgIpc) is 2.87. The van der Waals surface area contributed by atoms with Crippen LogP contribution in [0.4, 0.5) is 0 Å². The van der Waals surface area contributed by atoms with E-state index in [2.05, 4.69) is 67.7 Å². The lowest BCUT2D eigenvalue weighted by Crippen LogP contribution is -2.37. The Bertz CT molecular complexity index is 813. The molecule has 0 aromatic carbocycles. The third kappa shape index (κ3) is 27.6. The molecule has 39 heavy (non-hydrogen) atoms. The van der Waals surface area contributed by atoms with Crippen molar-refractivity contribution in [2.45, 2.75) is 77.2 Å². The van der Waals surface area contributed by atoms with Gasteiger partial charge in [-0.15, -0.1) is 0 Å². The summed E-state index contributed by atoms with van der Waals surface area (Å²) < 4.78 is 27.0. The molecule has 0 aliphatic rings. The van der Waals surface area contributed by atoms with E-state index < -0.39 is 33.1 Å².